The molecule has 2 unspecified atom stereocenters. The molecule has 1 saturated carbocycles. The van der Waals surface area contributed by atoms with E-state index in [4.69, 9.17) is 0 Å². The van der Waals surface area contributed by atoms with E-state index in [1.807, 2.05) is 0 Å². The first kappa shape index (κ1) is 11.3. The topological polar surface area (TPSA) is 12.0 Å². The maximum atomic E-state index is 3.79. The zero-order chi connectivity index (χ0) is 11.8. The first-order valence-corrected chi connectivity index (χ1v) is 7.08. The molecule has 0 saturated heterocycles. The van der Waals surface area contributed by atoms with Crippen LogP contribution in [-0.4, -0.2) is 6.54 Å². The molecule has 1 fully saturated rings. The largest absolute Gasteiger partial charge is 0.309 e. The lowest BCUT2D eigenvalue weighted by Crippen LogP contribution is -2.34. The Hall–Kier alpha value is -0.820. The van der Waals surface area contributed by atoms with Crippen LogP contribution in [0.1, 0.15) is 56.2 Å². The second kappa shape index (κ2) is 4.45. The van der Waals surface area contributed by atoms with Gasteiger partial charge in [-0.15, -0.1) is 0 Å². The predicted molar refractivity (Wildman–Crippen MR) is 72.1 cm³/mol. The Morgan fingerprint density at radius 1 is 1.18 bits per heavy atom. The predicted octanol–water partition coefficient (Wildman–Crippen LogP) is 3.87. The van der Waals surface area contributed by atoms with Crippen LogP contribution >= 0.6 is 0 Å². The van der Waals surface area contributed by atoms with Crippen LogP contribution in [0.25, 0.3) is 0 Å². The Kier molecular flexibility index (Phi) is 2.96. The Labute approximate surface area is 105 Å². The van der Waals surface area contributed by atoms with E-state index in [1.165, 1.54) is 25.8 Å². The molecule has 0 radical (unpaired) electrons. The molecule has 1 aromatic carbocycles. The first-order chi connectivity index (χ1) is 8.25. The van der Waals surface area contributed by atoms with E-state index in [0.29, 0.717) is 6.04 Å². The van der Waals surface area contributed by atoms with Crippen LogP contribution in [0.15, 0.2) is 24.3 Å². The first-order valence-electron chi connectivity index (χ1n) is 7.08. The average molecular weight is 229 g/mol. The molecule has 0 bridgehead atoms. The van der Waals surface area contributed by atoms with Crippen molar-refractivity contribution in [3.63, 3.8) is 0 Å². The van der Waals surface area contributed by atoms with Crippen LogP contribution in [0.2, 0.25) is 0 Å². The van der Waals surface area contributed by atoms with Gasteiger partial charge in [-0.1, -0.05) is 38.1 Å². The van der Waals surface area contributed by atoms with Crippen molar-refractivity contribution in [1.29, 1.82) is 0 Å². The summed E-state index contributed by atoms with van der Waals surface area (Å²) in [5, 5.41) is 3.79. The summed E-state index contributed by atoms with van der Waals surface area (Å²) in [7, 11) is 0. The third-order valence-electron chi connectivity index (χ3n) is 4.20. The van der Waals surface area contributed by atoms with E-state index in [-0.39, 0.29) is 0 Å². The SMILES string of the molecule is CC(C)CC1CNC(C2CC2)c2ccccc21. The summed E-state index contributed by atoms with van der Waals surface area (Å²) in [5.74, 6) is 2.42. The number of hydrogen-bond donors (Lipinski definition) is 1. The molecule has 3 rings (SSSR count). The van der Waals surface area contributed by atoms with Gasteiger partial charge in [0, 0.05) is 12.6 Å². The van der Waals surface area contributed by atoms with Crippen molar-refractivity contribution in [3.05, 3.63) is 35.4 Å². The highest BCUT2D eigenvalue weighted by molar-refractivity contribution is 5.36. The van der Waals surface area contributed by atoms with Crippen molar-refractivity contribution < 1.29 is 0 Å². The van der Waals surface area contributed by atoms with Crippen molar-refractivity contribution in [1.82, 2.24) is 5.32 Å². The molecule has 1 N–H and O–H groups in total. The maximum Gasteiger partial charge on any atom is 0.0351 e. The number of nitrogens with one attached hydrogen (secondary N) is 1. The van der Waals surface area contributed by atoms with Crippen LogP contribution < -0.4 is 5.32 Å². The normalized spacial score (nSPS) is 28.2. The molecule has 0 amide bonds. The van der Waals surface area contributed by atoms with Crippen LogP contribution in [0.3, 0.4) is 0 Å². The van der Waals surface area contributed by atoms with Gasteiger partial charge in [0.05, 0.1) is 0 Å². The van der Waals surface area contributed by atoms with Gasteiger partial charge in [0.1, 0.15) is 0 Å². The third-order valence-corrected chi connectivity index (χ3v) is 4.20. The monoisotopic (exact) mass is 229 g/mol. The van der Waals surface area contributed by atoms with Gasteiger partial charge in [0.15, 0.2) is 0 Å². The molecule has 1 aromatic rings. The summed E-state index contributed by atoms with van der Waals surface area (Å²) < 4.78 is 0. The second-order valence-corrected chi connectivity index (χ2v) is 6.18. The molecule has 17 heavy (non-hydrogen) atoms. The Morgan fingerprint density at radius 2 is 1.88 bits per heavy atom. The molecule has 0 spiro atoms. The molecule has 2 aliphatic rings. The molecule has 1 heterocycles. The van der Waals surface area contributed by atoms with Crippen LogP contribution in [0.4, 0.5) is 0 Å². The molecular formula is C16H23N. The van der Waals surface area contributed by atoms with Gasteiger partial charge >= 0.3 is 0 Å². The van der Waals surface area contributed by atoms with E-state index in [9.17, 15) is 0 Å². The lowest BCUT2D eigenvalue weighted by Gasteiger charge is -2.33. The lowest BCUT2D eigenvalue weighted by atomic mass is 9.81. The Balaban J connectivity index is 1.89. The molecule has 0 aromatic heterocycles. The van der Waals surface area contributed by atoms with Gasteiger partial charge in [-0.25, -0.2) is 0 Å². The average Bonchev–Trinajstić information content (AvgIpc) is 3.13. The molecule has 1 heteroatoms. The van der Waals surface area contributed by atoms with Crippen LogP contribution in [0, 0.1) is 11.8 Å². The quantitative estimate of drug-likeness (QED) is 0.829. The van der Waals surface area contributed by atoms with Gasteiger partial charge in [-0.2, -0.15) is 0 Å². The third kappa shape index (κ3) is 2.26. The van der Waals surface area contributed by atoms with Crippen molar-refractivity contribution in [2.45, 2.75) is 45.1 Å². The molecule has 92 valence electrons. The minimum Gasteiger partial charge on any atom is -0.309 e. The van der Waals surface area contributed by atoms with Gasteiger partial charge < -0.3 is 5.32 Å². The number of benzene rings is 1. The van der Waals surface area contributed by atoms with Gasteiger partial charge in [0.25, 0.3) is 0 Å². The Morgan fingerprint density at radius 3 is 2.53 bits per heavy atom. The molecule has 2 atom stereocenters. The van der Waals surface area contributed by atoms with E-state index in [0.717, 1.165) is 17.8 Å². The summed E-state index contributed by atoms with van der Waals surface area (Å²) in [5.41, 5.74) is 3.21. The minimum atomic E-state index is 0.648. The number of hydrogen-bond acceptors (Lipinski definition) is 1. The number of fused-ring (bicyclic) bond motifs is 1. The zero-order valence-corrected chi connectivity index (χ0v) is 10.9. The zero-order valence-electron chi connectivity index (χ0n) is 10.9. The standard InChI is InChI=1S/C16H23N/c1-11(2)9-13-10-17-16(12-7-8-12)15-6-4-3-5-14(13)15/h3-6,11-13,16-17H,7-10H2,1-2H3. The van der Waals surface area contributed by atoms with Gasteiger partial charge in [-0.3, -0.25) is 0 Å². The van der Waals surface area contributed by atoms with E-state index < -0.39 is 0 Å². The van der Waals surface area contributed by atoms with Gasteiger partial charge in [-0.05, 0) is 48.1 Å². The smallest absolute Gasteiger partial charge is 0.0351 e. The van der Waals surface area contributed by atoms with Crippen molar-refractivity contribution in [2.24, 2.45) is 11.8 Å². The molecule has 1 aliphatic heterocycles. The lowest BCUT2D eigenvalue weighted by molar-refractivity contribution is 0.383. The minimum absolute atomic E-state index is 0.648. The maximum absolute atomic E-state index is 3.79. The highest BCUT2D eigenvalue weighted by Crippen LogP contribution is 2.45. The summed E-state index contributed by atoms with van der Waals surface area (Å²) >= 11 is 0. The molecule has 1 aliphatic carbocycles. The highest BCUT2D eigenvalue weighted by atomic mass is 14.9. The van der Waals surface area contributed by atoms with Gasteiger partial charge in [0.2, 0.25) is 0 Å². The fourth-order valence-corrected chi connectivity index (χ4v) is 3.28. The fraction of sp³-hybridized carbons (Fsp3) is 0.625. The fourth-order valence-electron chi connectivity index (χ4n) is 3.28. The molecular weight excluding hydrogens is 206 g/mol. The van der Waals surface area contributed by atoms with E-state index in [1.54, 1.807) is 11.1 Å². The van der Waals surface area contributed by atoms with Crippen molar-refractivity contribution in [2.75, 3.05) is 6.54 Å². The van der Waals surface area contributed by atoms with Crippen LogP contribution in [-0.2, 0) is 0 Å². The summed E-state index contributed by atoms with van der Waals surface area (Å²) in [6.45, 7) is 5.83. The van der Waals surface area contributed by atoms with E-state index >= 15 is 0 Å². The van der Waals surface area contributed by atoms with E-state index in [2.05, 4.69) is 43.4 Å². The summed E-state index contributed by atoms with van der Waals surface area (Å²) in [4.78, 5) is 0. The van der Waals surface area contributed by atoms with Crippen LogP contribution in [0.5, 0.6) is 0 Å². The van der Waals surface area contributed by atoms with Crippen molar-refractivity contribution >= 4 is 0 Å². The Bertz CT molecular complexity index is 392. The van der Waals surface area contributed by atoms with Crippen molar-refractivity contribution in [3.8, 4) is 0 Å². The number of rotatable bonds is 3. The second-order valence-electron chi connectivity index (χ2n) is 6.18. The highest BCUT2D eigenvalue weighted by Gasteiger charge is 2.36. The summed E-state index contributed by atoms with van der Waals surface area (Å²) in [6, 6.07) is 9.76. The molecule has 1 nitrogen and oxygen atoms in total. The summed E-state index contributed by atoms with van der Waals surface area (Å²) in [6.07, 6.45) is 4.14.